The number of nitrogens with zero attached hydrogens (tertiary/aromatic N) is 3. The first kappa shape index (κ1) is 25.6. The molecule has 3 amide bonds. The van der Waals surface area contributed by atoms with Crippen molar-refractivity contribution in [2.75, 3.05) is 39.2 Å². The molecular formula is C27H34N4O5. The van der Waals surface area contributed by atoms with Crippen molar-refractivity contribution in [2.24, 2.45) is 11.8 Å². The summed E-state index contributed by atoms with van der Waals surface area (Å²) in [5.74, 6) is 0.00424. The zero-order valence-electron chi connectivity index (χ0n) is 21.3. The molecular weight excluding hydrogens is 460 g/mol. The lowest BCUT2D eigenvalue weighted by Crippen LogP contribution is -2.48. The number of carbonyl (C=O) groups is 3. The van der Waals surface area contributed by atoms with Crippen molar-refractivity contribution in [1.29, 1.82) is 0 Å². The number of amides is 3. The lowest BCUT2D eigenvalue weighted by molar-refractivity contribution is -0.117. The normalized spacial score (nSPS) is 23.1. The largest absolute Gasteiger partial charge is 0.491 e. The van der Waals surface area contributed by atoms with Crippen molar-refractivity contribution in [3.63, 3.8) is 0 Å². The van der Waals surface area contributed by atoms with Crippen molar-refractivity contribution < 1.29 is 23.9 Å². The standard InChI is InChI=1S/C27H34N4O5/c1-17-14-31(26(33)20-6-5-11-28-13-20)18(2)16-36-23-12-21(29-25(32)19-7-8-19)9-10-22(23)27(34)30(3)15-24(17)35-4/h5-6,9-13,17-19,24H,7-8,14-16H2,1-4H3,(H,29,32)/t17-,18+,24-/m1/s1. The van der Waals surface area contributed by atoms with Crippen molar-refractivity contribution in [3.05, 3.63) is 53.9 Å². The summed E-state index contributed by atoms with van der Waals surface area (Å²) in [4.78, 5) is 46.5. The highest BCUT2D eigenvalue weighted by Crippen LogP contribution is 2.32. The fourth-order valence-electron chi connectivity index (χ4n) is 4.38. The van der Waals surface area contributed by atoms with Gasteiger partial charge in [0.2, 0.25) is 5.91 Å². The Balaban J connectivity index is 1.66. The Morgan fingerprint density at radius 1 is 1.17 bits per heavy atom. The van der Waals surface area contributed by atoms with Crippen LogP contribution in [0.4, 0.5) is 5.69 Å². The summed E-state index contributed by atoms with van der Waals surface area (Å²) >= 11 is 0. The lowest BCUT2D eigenvalue weighted by atomic mass is 10.0. The van der Waals surface area contributed by atoms with Gasteiger partial charge >= 0.3 is 0 Å². The molecule has 1 saturated carbocycles. The molecule has 9 heteroatoms. The smallest absolute Gasteiger partial charge is 0.257 e. The van der Waals surface area contributed by atoms with Crippen LogP contribution in [0.1, 0.15) is 47.4 Å². The maximum atomic E-state index is 13.5. The summed E-state index contributed by atoms with van der Waals surface area (Å²) < 4.78 is 11.9. The number of pyridine rings is 1. The van der Waals surface area contributed by atoms with E-state index < -0.39 is 0 Å². The number of anilines is 1. The van der Waals surface area contributed by atoms with Gasteiger partial charge in [0.05, 0.1) is 23.3 Å². The van der Waals surface area contributed by atoms with Crippen LogP contribution in [0, 0.1) is 11.8 Å². The van der Waals surface area contributed by atoms with Gasteiger partial charge in [0.25, 0.3) is 11.8 Å². The van der Waals surface area contributed by atoms with E-state index in [2.05, 4.69) is 10.3 Å². The zero-order chi connectivity index (χ0) is 25.8. The summed E-state index contributed by atoms with van der Waals surface area (Å²) in [6.07, 6.45) is 4.70. The molecule has 9 nitrogen and oxygen atoms in total. The monoisotopic (exact) mass is 494 g/mol. The van der Waals surface area contributed by atoms with Crippen LogP contribution >= 0.6 is 0 Å². The first-order valence-electron chi connectivity index (χ1n) is 12.4. The molecule has 4 rings (SSSR count). The quantitative estimate of drug-likeness (QED) is 0.701. The summed E-state index contributed by atoms with van der Waals surface area (Å²) in [6, 6.07) is 8.26. The van der Waals surface area contributed by atoms with E-state index in [4.69, 9.17) is 9.47 Å². The van der Waals surface area contributed by atoms with Gasteiger partial charge < -0.3 is 24.6 Å². The Morgan fingerprint density at radius 2 is 1.94 bits per heavy atom. The fourth-order valence-corrected chi connectivity index (χ4v) is 4.38. The number of methoxy groups -OCH3 is 1. The van der Waals surface area contributed by atoms with Gasteiger partial charge in [-0.15, -0.1) is 0 Å². The number of nitrogens with one attached hydrogen (secondary N) is 1. The van der Waals surface area contributed by atoms with E-state index in [0.29, 0.717) is 35.7 Å². The average molecular weight is 495 g/mol. The lowest BCUT2D eigenvalue weighted by Gasteiger charge is -2.36. The van der Waals surface area contributed by atoms with Crippen LogP contribution < -0.4 is 10.1 Å². The first-order valence-corrected chi connectivity index (χ1v) is 12.4. The maximum Gasteiger partial charge on any atom is 0.257 e. The Labute approximate surface area is 211 Å². The minimum absolute atomic E-state index is 0.0231. The van der Waals surface area contributed by atoms with Crippen molar-refractivity contribution in [1.82, 2.24) is 14.8 Å². The van der Waals surface area contributed by atoms with Crippen molar-refractivity contribution in [3.8, 4) is 5.75 Å². The Bertz CT molecular complexity index is 1100. The number of aromatic nitrogens is 1. The van der Waals surface area contributed by atoms with Gasteiger partial charge in [-0.05, 0) is 44.0 Å². The third kappa shape index (κ3) is 5.84. The van der Waals surface area contributed by atoms with Gasteiger partial charge in [-0.25, -0.2) is 0 Å². The third-order valence-electron chi connectivity index (χ3n) is 6.83. The Hall–Kier alpha value is -3.46. The van der Waals surface area contributed by atoms with Crippen molar-refractivity contribution >= 4 is 23.4 Å². The molecule has 1 aliphatic carbocycles. The molecule has 1 aliphatic heterocycles. The first-order chi connectivity index (χ1) is 17.3. The van der Waals surface area contributed by atoms with Crippen LogP contribution in [0.2, 0.25) is 0 Å². The highest BCUT2D eigenvalue weighted by Gasteiger charge is 2.32. The van der Waals surface area contributed by atoms with Crippen LogP contribution in [0.25, 0.3) is 0 Å². The number of fused-ring (bicyclic) bond motifs is 1. The molecule has 192 valence electrons. The molecule has 3 atom stereocenters. The fraction of sp³-hybridized carbons (Fsp3) is 0.481. The van der Waals surface area contributed by atoms with Crippen LogP contribution in [0.3, 0.4) is 0 Å². The Kier molecular flexibility index (Phi) is 7.88. The van der Waals surface area contributed by atoms with Gasteiger partial charge in [-0.2, -0.15) is 0 Å². The molecule has 0 unspecified atom stereocenters. The molecule has 2 heterocycles. The van der Waals surface area contributed by atoms with Gasteiger partial charge in [0.15, 0.2) is 0 Å². The molecule has 2 aromatic rings. The molecule has 1 N–H and O–H groups in total. The molecule has 1 aromatic heterocycles. The molecule has 2 aliphatic rings. The Morgan fingerprint density at radius 3 is 2.61 bits per heavy atom. The second-order valence-corrected chi connectivity index (χ2v) is 9.77. The molecule has 0 radical (unpaired) electrons. The highest BCUT2D eigenvalue weighted by atomic mass is 16.5. The number of rotatable bonds is 4. The summed E-state index contributed by atoms with van der Waals surface area (Å²) in [6.45, 7) is 4.86. The molecule has 0 spiro atoms. The molecule has 1 fully saturated rings. The minimum atomic E-state index is -0.303. The van der Waals surface area contributed by atoms with Crippen LogP contribution in [-0.4, -0.2) is 78.5 Å². The van der Waals surface area contributed by atoms with Gasteiger partial charge in [-0.1, -0.05) is 6.92 Å². The van der Waals surface area contributed by atoms with E-state index in [9.17, 15) is 14.4 Å². The molecule has 0 bridgehead atoms. The van der Waals surface area contributed by atoms with Gasteiger partial charge in [0.1, 0.15) is 12.4 Å². The predicted octanol–water partition coefficient (Wildman–Crippen LogP) is 3.08. The molecule has 36 heavy (non-hydrogen) atoms. The number of hydrogen-bond donors (Lipinski definition) is 1. The summed E-state index contributed by atoms with van der Waals surface area (Å²) in [5, 5.41) is 2.91. The van der Waals surface area contributed by atoms with Crippen LogP contribution in [0.5, 0.6) is 5.75 Å². The van der Waals surface area contributed by atoms with Gasteiger partial charge in [-0.3, -0.25) is 19.4 Å². The van der Waals surface area contributed by atoms with E-state index in [-0.39, 0.29) is 48.3 Å². The maximum absolute atomic E-state index is 13.5. The number of carbonyl (C=O) groups excluding carboxylic acids is 3. The van der Waals surface area contributed by atoms with E-state index in [0.717, 1.165) is 12.8 Å². The topological polar surface area (TPSA) is 101 Å². The van der Waals surface area contributed by atoms with Crippen molar-refractivity contribution in [2.45, 2.75) is 38.8 Å². The van der Waals surface area contributed by atoms with Gasteiger partial charge in [0, 0.05) is 63.2 Å². The zero-order valence-corrected chi connectivity index (χ0v) is 21.3. The van der Waals surface area contributed by atoms with Crippen LogP contribution in [0.15, 0.2) is 42.7 Å². The third-order valence-corrected chi connectivity index (χ3v) is 6.83. The van der Waals surface area contributed by atoms with E-state index in [1.807, 2.05) is 13.8 Å². The number of likely N-dealkylation sites (N-methyl/N-ethyl adjacent to an activating group) is 1. The number of ether oxygens (including phenoxy) is 2. The second-order valence-electron chi connectivity index (χ2n) is 9.77. The summed E-state index contributed by atoms with van der Waals surface area (Å²) in [7, 11) is 3.34. The number of hydrogen-bond acceptors (Lipinski definition) is 6. The predicted molar refractivity (Wildman–Crippen MR) is 135 cm³/mol. The van der Waals surface area contributed by atoms with Crippen LogP contribution in [-0.2, 0) is 9.53 Å². The van der Waals surface area contributed by atoms with E-state index in [1.54, 1.807) is 66.7 Å². The minimum Gasteiger partial charge on any atom is -0.491 e. The SMILES string of the molecule is CO[C@@H]1CN(C)C(=O)c2ccc(NC(=O)C3CC3)cc2OC[C@H](C)N(C(=O)c2cccnc2)C[C@H]1C. The molecule has 1 aromatic carbocycles. The highest BCUT2D eigenvalue weighted by molar-refractivity contribution is 5.99. The van der Waals surface area contributed by atoms with E-state index in [1.165, 1.54) is 0 Å². The number of benzene rings is 1. The average Bonchev–Trinajstić information content (AvgIpc) is 3.74. The summed E-state index contributed by atoms with van der Waals surface area (Å²) in [5.41, 5.74) is 1.46. The van der Waals surface area contributed by atoms with E-state index >= 15 is 0 Å². The second kappa shape index (κ2) is 11.1. The molecule has 0 saturated heterocycles.